The van der Waals surface area contributed by atoms with E-state index in [0.29, 0.717) is 5.96 Å². The van der Waals surface area contributed by atoms with Crippen molar-refractivity contribution < 1.29 is 0 Å². The minimum Gasteiger partial charge on any atom is -0.309 e. The summed E-state index contributed by atoms with van der Waals surface area (Å²) in [6.45, 7) is 2.21. The predicted molar refractivity (Wildman–Crippen MR) is 198 cm³/mol. The highest BCUT2D eigenvalue weighted by Crippen LogP contribution is 2.41. The van der Waals surface area contributed by atoms with Gasteiger partial charge < -0.3 is 4.57 Å². The molecule has 1 aliphatic heterocycles. The second kappa shape index (κ2) is 11.1. The average Bonchev–Trinajstić information content (AvgIpc) is 3.64. The first-order valence-corrected chi connectivity index (χ1v) is 16.2. The van der Waals surface area contributed by atoms with Gasteiger partial charge in [0.15, 0.2) is 0 Å². The molecule has 0 bridgehead atoms. The maximum Gasteiger partial charge on any atom is 0.235 e. The lowest BCUT2D eigenvalue weighted by molar-refractivity contribution is 0.998. The van der Waals surface area contributed by atoms with Gasteiger partial charge in [0, 0.05) is 32.8 Å². The second-order valence-electron chi connectivity index (χ2n) is 12.2. The number of aliphatic imine (C=N–C) groups is 2. The van der Waals surface area contributed by atoms with Gasteiger partial charge in [-0.25, -0.2) is 9.98 Å². The molecule has 8 aromatic rings. The van der Waals surface area contributed by atoms with E-state index in [-0.39, 0.29) is 0 Å². The Kier molecular flexibility index (Phi) is 6.46. The van der Waals surface area contributed by atoms with Crippen molar-refractivity contribution in [3.63, 3.8) is 0 Å². The maximum atomic E-state index is 5.47. The highest BCUT2D eigenvalue weighted by atomic mass is 15.2. The Hall–Kier alpha value is -6.00. The Morgan fingerprint density at radius 3 is 1.60 bits per heavy atom. The first-order chi connectivity index (χ1) is 23.3. The SMILES string of the molecule is C/C1=C(/c2ccccc2)N=C(n2c3ccccc3c3c4c5ccccc5n(-c5ccccc5)c4ccc32)N=C(c2ccccc2)CC1. The summed E-state index contributed by atoms with van der Waals surface area (Å²) in [5.74, 6) is 0.680. The summed E-state index contributed by atoms with van der Waals surface area (Å²) in [7, 11) is 0. The Balaban J connectivity index is 1.41. The third-order valence-corrected chi connectivity index (χ3v) is 9.43. The zero-order valence-electron chi connectivity index (χ0n) is 26.1. The van der Waals surface area contributed by atoms with Crippen molar-refractivity contribution in [3.8, 4) is 5.69 Å². The van der Waals surface area contributed by atoms with Gasteiger partial charge in [-0.15, -0.1) is 0 Å². The van der Waals surface area contributed by atoms with Gasteiger partial charge in [0.2, 0.25) is 5.96 Å². The number of nitrogens with zero attached hydrogens (tertiary/aromatic N) is 4. The quantitative estimate of drug-likeness (QED) is 0.192. The highest BCUT2D eigenvalue weighted by molar-refractivity contribution is 6.30. The Bertz CT molecular complexity index is 2550. The van der Waals surface area contributed by atoms with Crippen molar-refractivity contribution >= 4 is 61.0 Å². The van der Waals surface area contributed by atoms with Gasteiger partial charge in [-0.2, -0.15) is 0 Å². The lowest BCUT2D eigenvalue weighted by Gasteiger charge is -2.17. The van der Waals surface area contributed by atoms with Crippen molar-refractivity contribution in [3.05, 3.63) is 168 Å². The van der Waals surface area contributed by atoms with Crippen LogP contribution >= 0.6 is 0 Å². The molecule has 0 fully saturated rings. The summed E-state index contributed by atoms with van der Waals surface area (Å²) < 4.78 is 4.66. The summed E-state index contributed by atoms with van der Waals surface area (Å²) >= 11 is 0. The van der Waals surface area contributed by atoms with E-state index in [1.807, 2.05) is 0 Å². The predicted octanol–water partition coefficient (Wildman–Crippen LogP) is 10.8. The summed E-state index contributed by atoms with van der Waals surface area (Å²) in [5.41, 5.74) is 11.2. The van der Waals surface area contributed by atoms with Crippen LogP contribution in [-0.4, -0.2) is 20.8 Å². The van der Waals surface area contributed by atoms with Gasteiger partial charge in [-0.1, -0.05) is 115 Å². The zero-order chi connectivity index (χ0) is 31.3. The molecule has 6 aromatic carbocycles. The summed E-state index contributed by atoms with van der Waals surface area (Å²) in [6, 6.07) is 53.7. The van der Waals surface area contributed by atoms with E-state index in [4.69, 9.17) is 9.98 Å². The molecule has 9 rings (SSSR count). The molecule has 0 N–H and O–H groups in total. The number of hydrogen-bond acceptors (Lipinski definition) is 2. The number of aromatic nitrogens is 2. The van der Waals surface area contributed by atoms with E-state index in [1.165, 1.54) is 38.2 Å². The standard InChI is InChI=1S/C43H32N4/c1-29-25-26-35(30-15-5-2-6-16-30)44-43(45-42(29)31-17-7-3-8-18-31)47-37-24-14-12-22-34(37)41-39(47)28-27-38-40(41)33-21-11-13-23-36(33)46(38)32-19-9-4-10-20-32/h2-24,27-28H,25-26H2,1H3/b42-29+,44-35?,45-43?. The number of benzene rings is 6. The lowest BCUT2D eigenvalue weighted by atomic mass is 9.99. The average molecular weight is 605 g/mol. The van der Waals surface area contributed by atoms with Crippen LogP contribution < -0.4 is 0 Å². The Morgan fingerprint density at radius 1 is 0.447 bits per heavy atom. The Morgan fingerprint density at radius 2 is 0.957 bits per heavy atom. The fourth-order valence-corrected chi connectivity index (χ4v) is 7.26. The molecule has 0 saturated carbocycles. The molecular formula is C43H32N4. The van der Waals surface area contributed by atoms with Crippen LogP contribution in [0, 0.1) is 0 Å². The van der Waals surface area contributed by atoms with Crippen molar-refractivity contribution in [1.82, 2.24) is 9.13 Å². The minimum atomic E-state index is 0.680. The van der Waals surface area contributed by atoms with Crippen molar-refractivity contribution in [2.24, 2.45) is 9.98 Å². The molecule has 47 heavy (non-hydrogen) atoms. The van der Waals surface area contributed by atoms with Crippen LogP contribution in [0.3, 0.4) is 0 Å². The first kappa shape index (κ1) is 27.3. The van der Waals surface area contributed by atoms with Gasteiger partial charge in [0.25, 0.3) is 0 Å². The van der Waals surface area contributed by atoms with Crippen molar-refractivity contribution in [2.45, 2.75) is 19.8 Å². The van der Waals surface area contributed by atoms with Crippen LogP contribution in [0.5, 0.6) is 0 Å². The van der Waals surface area contributed by atoms with Crippen LogP contribution in [0.4, 0.5) is 0 Å². The molecule has 0 amide bonds. The van der Waals surface area contributed by atoms with E-state index >= 15 is 0 Å². The first-order valence-electron chi connectivity index (χ1n) is 16.2. The number of hydrogen-bond donors (Lipinski definition) is 0. The molecule has 0 spiro atoms. The summed E-state index contributed by atoms with van der Waals surface area (Å²) in [4.78, 5) is 10.9. The van der Waals surface area contributed by atoms with Gasteiger partial charge in [0.05, 0.1) is 33.5 Å². The molecule has 0 radical (unpaired) electrons. The van der Waals surface area contributed by atoms with Crippen molar-refractivity contribution in [2.75, 3.05) is 0 Å². The largest absolute Gasteiger partial charge is 0.309 e. The smallest absolute Gasteiger partial charge is 0.235 e. The van der Waals surface area contributed by atoms with E-state index in [0.717, 1.165) is 52.1 Å². The van der Waals surface area contributed by atoms with Gasteiger partial charge in [-0.05, 0) is 67.3 Å². The molecule has 0 atom stereocenters. The monoisotopic (exact) mass is 604 g/mol. The molecule has 1 aliphatic rings. The number of allylic oxidation sites excluding steroid dienone is 1. The fraction of sp³-hybridized carbons (Fsp3) is 0.0698. The molecule has 224 valence electrons. The fourth-order valence-electron chi connectivity index (χ4n) is 7.26. The van der Waals surface area contributed by atoms with E-state index in [1.54, 1.807) is 0 Å². The van der Waals surface area contributed by atoms with Crippen LogP contribution in [-0.2, 0) is 0 Å². The van der Waals surface area contributed by atoms with Gasteiger partial charge in [-0.3, -0.25) is 4.57 Å². The van der Waals surface area contributed by atoms with E-state index in [2.05, 4.69) is 168 Å². The topological polar surface area (TPSA) is 34.6 Å². The summed E-state index contributed by atoms with van der Waals surface area (Å²) in [5, 5.41) is 4.87. The second-order valence-corrected chi connectivity index (χ2v) is 12.2. The highest BCUT2D eigenvalue weighted by Gasteiger charge is 2.23. The molecule has 2 aromatic heterocycles. The molecule has 4 nitrogen and oxygen atoms in total. The third-order valence-electron chi connectivity index (χ3n) is 9.43. The normalized spacial score (nSPS) is 15.6. The lowest BCUT2D eigenvalue weighted by Crippen LogP contribution is -2.16. The van der Waals surface area contributed by atoms with Gasteiger partial charge in [0.1, 0.15) is 0 Å². The van der Waals surface area contributed by atoms with E-state index in [9.17, 15) is 0 Å². The van der Waals surface area contributed by atoms with Crippen LogP contribution in [0.2, 0.25) is 0 Å². The van der Waals surface area contributed by atoms with Crippen LogP contribution in [0.25, 0.3) is 55.0 Å². The molecule has 0 unspecified atom stereocenters. The summed E-state index contributed by atoms with van der Waals surface area (Å²) in [6.07, 6.45) is 1.72. The number of fused-ring (bicyclic) bond motifs is 7. The molecule has 0 aliphatic carbocycles. The Labute approximate surface area is 273 Å². The van der Waals surface area contributed by atoms with Crippen LogP contribution in [0.1, 0.15) is 30.9 Å². The minimum absolute atomic E-state index is 0.680. The number of para-hydroxylation sites is 3. The molecular weight excluding hydrogens is 573 g/mol. The van der Waals surface area contributed by atoms with E-state index < -0.39 is 0 Å². The van der Waals surface area contributed by atoms with Crippen molar-refractivity contribution in [1.29, 1.82) is 0 Å². The maximum absolute atomic E-state index is 5.47. The molecule has 4 heteroatoms. The number of rotatable bonds is 3. The molecule has 3 heterocycles. The molecule has 0 saturated heterocycles. The third kappa shape index (κ3) is 4.44. The zero-order valence-corrected chi connectivity index (χ0v) is 26.1. The van der Waals surface area contributed by atoms with Gasteiger partial charge >= 0.3 is 0 Å². The van der Waals surface area contributed by atoms with Crippen LogP contribution in [0.15, 0.2) is 167 Å².